The van der Waals surface area contributed by atoms with Crippen LogP contribution in [0.3, 0.4) is 0 Å². The number of nitrogens with one attached hydrogen (secondary N) is 2. The van der Waals surface area contributed by atoms with Gasteiger partial charge in [0.1, 0.15) is 0 Å². The molecule has 1 unspecified atom stereocenters. The number of anilines is 1. The fourth-order valence-electron chi connectivity index (χ4n) is 2.40. The highest BCUT2D eigenvalue weighted by Crippen LogP contribution is 2.18. The second-order valence-electron chi connectivity index (χ2n) is 5.13. The maximum absolute atomic E-state index is 4.41. The molecule has 0 spiro atoms. The van der Waals surface area contributed by atoms with Crippen LogP contribution in [0.1, 0.15) is 12.5 Å². The zero-order valence-electron chi connectivity index (χ0n) is 11.3. The van der Waals surface area contributed by atoms with Crippen molar-refractivity contribution >= 4 is 11.6 Å². The molecule has 1 aromatic carbocycles. The highest BCUT2D eigenvalue weighted by molar-refractivity contribution is 5.81. The first kappa shape index (κ1) is 12.1. The summed E-state index contributed by atoms with van der Waals surface area (Å²) in [6.07, 6.45) is 4.42. The van der Waals surface area contributed by atoms with Crippen molar-refractivity contribution in [3.05, 3.63) is 42.0 Å². The maximum Gasteiger partial charge on any atom is 0.191 e. The van der Waals surface area contributed by atoms with Crippen molar-refractivity contribution in [2.45, 2.75) is 19.5 Å². The summed E-state index contributed by atoms with van der Waals surface area (Å²) in [7, 11) is 0. The molecule has 0 aromatic heterocycles. The average molecular weight is 256 g/mol. The van der Waals surface area contributed by atoms with E-state index in [0.717, 1.165) is 32.1 Å². The van der Waals surface area contributed by atoms with Gasteiger partial charge in [-0.3, -0.25) is 4.99 Å². The van der Waals surface area contributed by atoms with E-state index in [9.17, 15) is 0 Å². The van der Waals surface area contributed by atoms with E-state index in [4.69, 9.17) is 0 Å². The van der Waals surface area contributed by atoms with Crippen LogP contribution < -0.4 is 15.5 Å². The van der Waals surface area contributed by atoms with Gasteiger partial charge in [-0.2, -0.15) is 0 Å². The molecule has 0 radical (unpaired) electrons. The van der Waals surface area contributed by atoms with Crippen LogP contribution in [0.2, 0.25) is 0 Å². The van der Waals surface area contributed by atoms with Crippen LogP contribution in [0.15, 0.2) is 41.4 Å². The molecule has 0 amide bonds. The van der Waals surface area contributed by atoms with Crippen LogP contribution in [-0.2, 0) is 6.54 Å². The van der Waals surface area contributed by atoms with Crippen molar-refractivity contribution in [1.29, 1.82) is 0 Å². The minimum absolute atomic E-state index is 0.449. The molecular formula is C15H20N4. The number of aliphatic imine (C=N–C) groups is 1. The summed E-state index contributed by atoms with van der Waals surface area (Å²) in [5.41, 5.74) is 2.58. The average Bonchev–Trinajstić information content (AvgIpc) is 3.08. The Morgan fingerprint density at radius 1 is 1.37 bits per heavy atom. The molecular weight excluding hydrogens is 236 g/mol. The third-order valence-corrected chi connectivity index (χ3v) is 3.46. The number of guanidine groups is 1. The second-order valence-corrected chi connectivity index (χ2v) is 5.13. The first-order valence-electron chi connectivity index (χ1n) is 6.85. The van der Waals surface area contributed by atoms with Crippen LogP contribution in [0, 0.1) is 0 Å². The van der Waals surface area contributed by atoms with E-state index >= 15 is 0 Å². The fraction of sp³-hybridized carbons (Fsp3) is 0.400. The van der Waals surface area contributed by atoms with Gasteiger partial charge in [-0.15, -0.1) is 0 Å². The van der Waals surface area contributed by atoms with Gasteiger partial charge in [0.15, 0.2) is 5.96 Å². The van der Waals surface area contributed by atoms with Gasteiger partial charge in [-0.1, -0.05) is 24.3 Å². The predicted octanol–water partition coefficient (Wildman–Crippen LogP) is 1.50. The van der Waals surface area contributed by atoms with E-state index in [0.29, 0.717) is 6.04 Å². The third-order valence-electron chi connectivity index (χ3n) is 3.46. The lowest BCUT2D eigenvalue weighted by molar-refractivity contribution is 0.713. The van der Waals surface area contributed by atoms with E-state index in [1.165, 1.54) is 11.3 Å². The molecule has 0 saturated heterocycles. The Morgan fingerprint density at radius 3 is 2.95 bits per heavy atom. The largest absolute Gasteiger partial charge is 0.364 e. The number of hydrogen-bond acceptors (Lipinski definition) is 4. The van der Waals surface area contributed by atoms with E-state index in [1.807, 2.05) is 0 Å². The quantitative estimate of drug-likeness (QED) is 0.805. The number of hydrogen-bond donors (Lipinski definition) is 2. The van der Waals surface area contributed by atoms with E-state index in [1.54, 1.807) is 0 Å². The van der Waals surface area contributed by atoms with Crippen molar-refractivity contribution in [2.24, 2.45) is 4.99 Å². The minimum Gasteiger partial charge on any atom is -0.364 e. The van der Waals surface area contributed by atoms with Crippen molar-refractivity contribution in [3.8, 4) is 0 Å². The molecule has 1 aromatic rings. The van der Waals surface area contributed by atoms with Crippen LogP contribution in [-0.4, -0.2) is 31.6 Å². The van der Waals surface area contributed by atoms with E-state index in [-0.39, 0.29) is 0 Å². The lowest BCUT2D eigenvalue weighted by Gasteiger charge is -2.18. The summed E-state index contributed by atoms with van der Waals surface area (Å²) in [5.74, 6) is 0.917. The standard InChI is InChI=1S/C15H20N4/c1-12-10-16-15(18-12)17-11-13-5-4-6-14(9-13)19-7-2-3-8-19/h2-6,9,12H,7-8,10-11H2,1H3,(H2,16,17,18). The van der Waals surface area contributed by atoms with Gasteiger partial charge in [0.25, 0.3) is 0 Å². The molecule has 0 fully saturated rings. The molecule has 2 heterocycles. The first-order chi connectivity index (χ1) is 9.31. The van der Waals surface area contributed by atoms with Crippen molar-refractivity contribution in [2.75, 3.05) is 24.5 Å². The molecule has 2 N–H and O–H groups in total. The molecule has 4 heteroatoms. The highest BCUT2D eigenvalue weighted by Gasteiger charge is 2.12. The number of benzene rings is 1. The number of rotatable bonds is 3. The van der Waals surface area contributed by atoms with Crippen molar-refractivity contribution in [3.63, 3.8) is 0 Å². The van der Waals surface area contributed by atoms with E-state index in [2.05, 4.69) is 63.9 Å². The van der Waals surface area contributed by atoms with Crippen LogP contribution in [0.25, 0.3) is 0 Å². The summed E-state index contributed by atoms with van der Waals surface area (Å²) in [6.45, 7) is 5.85. The Morgan fingerprint density at radius 2 is 2.21 bits per heavy atom. The Labute approximate surface area is 114 Å². The zero-order chi connectivity index (χ0) is 13.1. The maximum atomic E-state index is 4.41. The van der Waals surface area contributed by atoms with Crippen LogP contribution >= 0.6 is 0 Å². The van der Waals surface area contributed by atoms with Crippen molar-refractivity contribution < 1.29 is 0 Å². The summed E-state index contributed by atoms with van der Waals surface area (Å²) in [5, 5.41) is 6.66. The molecule has 0 bridgehead atoms. The molecule has 2 aliphatic rings. The second kappa shape index (κ2) is 5.34. The van der Waals surface area contributed by atoms with Gasteiger partial charge in [-0.05, 0) is 24.6 Å². The Bertz CT molecular complexity index is 499. The molecule has 1 atom stereocenters. The molecule has 100 valence electrons. The van der Waals surface area contributed by atoms with E-state index < -0.39 is 0 Å². The SMILES string of the molecule is CC1CN=C(NCc2cccc(N3CC=CC3)c2)N1. The molecule has 0 aliphatic carbocycles. The zero-order valence-corrected chi connectivity index (χ0v) is 11.3. The van der Waals surface area contributed by atoms with Gasteiger partial charge in [-0.25, -0.2) is 0 Å². The predicted molar refractivity (Wildman–Crippen MR) is 79.5 cm³/mol. The molecule has 4 nitrogen and oxygen atoms in total. The molecule has 3 rings (SSSR count). The van der Waals surface area contributed by atoms with Gasteiger partial charge < -0.3 is 15.5 Å². The lowest BCUT2D eigenvalue weighted by Crippen LogP contribution is -2.37. The summed E-state index contributed by atoms with van der Waals surface area (Å²) < 4.78 is 0. The Kier molecular flexibility index (Phi) is 3.40. The Hall–Kier alpha value is -1.97. The normalized spacial score (nSPS) is 21.4. The summed E-state index contributed by atoms with van der Waals surface area (Å²) >= 11 is 0. The lowest BCUT2D eigenvalue weighted by atomic mass is 10.2. The van der Waals surface area contributed by atoms with Crippen molar-refractivity contribution in [1.82, 2.24) is 10.6 Å². The van der Waals surface area contributed by atoms with Gasteiger partial charge in [0, 0.05) is 31.4 Å². The van der Waals surface area contributed by atoms with Crippen LogP contribution in [0.5, 0.6) is 0 Å². The molecule has 2 aliphatic heterocycles. The van der Waals surface area contributed by atoms with Crippen LogP contribution in [0.4, 0.5) is 5.69 Å². The Balaban J connectivity index is 1.60. The topological polar surface area (TPSA) is 39.7 Å². The highest BCUT2D eigenvalue weighted by atomic mass is 15.2. The molecule has 0 saturated carbocycles. The number of nitrogens with zero attached hydrogens (tertiary/aromatic N) is 2. The molecule has 19 heavy (non-hydrogen) atoms. The monoisotopic (exact) mass is 256 g/mol. The summed E-state index contributed by atoms with van der Waals surface area (Å²) in [4.78, 5) is 6.76. The van der Waals surface area contributed by atoms with Gasteiger partial charge in [0.05, 0.1) is 6.54 Å². The smallest absolute Gasteiger partial charge is 0.191 e. The first-order valence-corrected chi connectivity index (χ1v) is 6.85. The minimum atomic E-state index is 0.449. The summed E-state index contributed by atoms with van der Waals surface area (Å²) in [6, 6.07) is 9.14. The third kappa shape index (κ3) is 2.89. The fourth-order valence-corrected chi connectivity index (χ4v) is 2.40. The van der Waals surface area contributed by atoms with Gasteiger partial charge >= 0.3 is 0 Å². The van der Waals surface area contributed by atoms with Gasteiger partial charge in [0.2, 0.25) is 0 Å².